The van der Waals surface area contributed by atoms with Gasteiger partial charge in [-0.2, -0.15) is 0 Å². The lowest BCUT2D eigenvalue weighted by atomic mass is 9.93. The number of ether oxygens (including phenoxy) is 1. The van der Waals surface area contributed by atoms with E-state index in [0.717, 1.165) is 25.9 Å². The lowest BCUT2D eigenvalue weighted by Gasteiger charge is -2.30. The summed E-state index contributed by atoms with van der Waals surface area (Å²) in [6.45, 7) is 4.67. The Hall–Kier alpha value is -0.610. The Labute approximate surface area is 98.3 Å². The van der Waals surface area contributed by atoms with Gasteiger partial charge < -0.3 is 15.0 Å². The van der Waals surface area contributed by atoms with Crippen molar-refractivity contribution in [3.05, 3.63) is 0 Å². The molecule has 94 valence electrons. The maximum absolute atomic E-state index is 12.1. The quantitative estimate of drug-likeness (QED) is 0.710. The lowest BCUT2D eigenvalue weighted by molar-refractivity contribution is -0.133. The number of methoxy groups -OCH3 is 1. The normalized spacial score (nSPS) is 25.4. The molecule has 0 aromatic rings. The molecule has 1 saturated heterocycles. The van der Waals surface area contributed by atoms with Gasteiger partial charge in [0.05, 0.1) is 6.04 Å². The molecule has 0 saturated carbocycles. The first-order valence-corrected chi connectivity index (χ1v) is 6.12. The first kappa shape index (κ1) is 13.5. The fourth-order valence-electron chi connectivity index (χ4n) is 2.12. The van der Waals surface area contributed by atoms with Crippen LogP contribution in [-0.4, -0.2) is 50.7 Å². The number of rotatable bonds is 5. The van der Waals surface area contributed by atoms with E-state index >= 15 is 0 Å². The van der Waals surface area contributed by atoms with Gasteiger partial charge in [0, 0.05) is 27.3 Å². The molecule has 0 spiro atoms. The summed E-state index contributed by atoms with van der Waals surface area (Å²) in [5, 5.41) is 3.30. The standard InChI is InChI=1S/C12H24N2O2/c1-10-5-6-13-11(9-10)12(15)14(2)7-4-8-16-3/h10-11,13H,4-9H2,1-3H3. The summed E-state index contributed by atoms with van der Waals surface area (Å²) < 4.78 is 4.98. The minimum Gasteiger partial charge on any atom is -0.385 e. The summed E-state index contributed by atoms with van der Waals surface area (Å²) in [4.78, 5) is 13.9. The molecule has 2 atom stereocenters. The second-order valence-corrected chi connectivity index (χ2v) is 4.74. The van der Waals surface area contributed by atoms with Crippen molar-refractivity contribution in [1.29, 1.82) is 0 Å². The number of amides is 1. The van der Waals surface area contributed by atoms with Crippen LogP contribution in [0.25, 0.3) is 0 Å². The first-order valence-electron chi connectivity index (χ1n) is 6.12. The van der Waals surface area contributed by atoms with E-state index < -0.39 is 0 Å². The van der Waals surface area contributed by atoms with Gasteiger partial charge in [-0.25, -0.2) is 0 Å². The third-order valence-electron chi connectivity index (χ3n) is 3.18. The third kappa shape index (κ3) is 4.10. The topological polar surface area (TPSA) is 41.6 Å². The highest BCUT2D eigenvalue weighted by atomic mass is 16.5. The van der Waals surface area contributed by atoms with Crippen LogP contribution in [0, 0.1) is 5.92 Å². The van der Waals surface area contributed by atoms with Crippen molar-refractivity contribution >= 4 is 5.91 Å². The third-order valence-corrected chi connectivity index (χ3v) is 3.18. The Morgan fingerprint density at radius 2 is 2.31 bits per heavy atom. The molecule has 4 heteroatoms. The van der Waals surface area contributed by atoms with E-state index in [2.05, 4.69) is 12.2 Å². The number of carbonyl (C=O) groups excluding carboxylic acids is 1. The van der Waals surface area contributed by atoms with Gasteiger partial charge in [-0.15, -0.1) is 0 Å². The number of likely N-dealkylation sites (N-methyl/N-ethyl adjacent to an activating group) is 1. The summed E-state index contributed by atoms with van der Waals surface area (Å²) in [5.74, 6) is 0.880. The van der Waals surface area contributed by atoms with Crippen molar-refractivity contribution in [2.45, 2.75) is 32.2 Å². The highest BCUT2D eigenvalue weighted by Gasteiger charge is 2.26. The van der Waals surface area contributed by atoms with E-state index in [4.69, 9.17) is 4.74 Å². The van der Waals surface area contributed by atoms with Crippen molar-refractivity contribution in [3.8, 4) is 0 Å². The highest BCUT2D eigenvalue weighted by Crippen LogP contribution is 2.16. The summed E-state index contributed by atoms with van der Waals surface area (Å²) in [5.41, 5.74) is 0. The van der Waals surface area contributed by atoms with E-state index in [1.165, 1.54) is 6.42 Å². The summed E-state index contributed by atoms with van der Waals surface area (Å²) in [6.07, 6.45) is 3.05. The van der Waals surface area contributed by atoms with Gasteiger partial charge in [0.25, 0.3) is 0 Å². The van der Waals surface area contributed by atoms with E-state index in [0.29, 0.717) is 12.5 Å². The minimum atomic E-state index is 0.0243. The van der Waals surface area contributed by atoms with Crippen LogP contribution in [0.4, 0.5) is 0 Å². The van der Waals surface area contributed by atoms with E-state index in [1.807, 2.05) is 11.9 Å². The van der Waals surface area contributed by atoms with E-state index in [9.17, 15) is 4.79 Å². The van der Waals surface area contributed by atoms with Gasteiger partial charge in [0.1, 0.15) is 0 Å². The molecular weight excluding hydrogens is 204 g/mol. The molecule has 1 amide bonds. The molecule has 1 fully saturated rings. The zero-order valence-electron chi connectivity index (χ0n) is 10.7. The van der Waals surface area contributed by atoms with Crippen LogP contribution < -0.4 is 5.32 Å². The number of nitrogens with zero attached hydrogens (tertiary/aromatic N) is 1. The largest absolute Gasteiger partial charge is 0.385 e. The molecular formula is C12H24N2O2. The van der Waals surface area contributed by atoms with E-state index in [1.54, 1.807) is 7.11 Å². The number of hydrogen-bond donors (Lipinski definition) is 1. The molecule has 2 unspecified atom stereocenters. The monoisotopic (exact) mass is 228 g/mol. The van der Waals surface area contributed by atoms with Crippen LogP contribution in [-0.2, 0) is 9.53 Å². The van der Waals surface area contributed by atoms with Gasteiger partial charge >= 0.3 is 0 Å². The number of carbonyl (C=O) groups is 1. The Balaban J connectivity index is 2.31. The Morgan fingerprint density at radius 3 is 2.94 bits per heavy atom. The number of piperidine rings is 1. The molecule has 0 bridgehead atoms. The summed E-state index contributed by atoms with van der Waals surface area (Å²) in [7, 11) is 3.56. The summed E-state index contributed by atoms with van der Waals surface area (Å²) in [6, 6.07) is 0.0243. The molecule has 1 aliphatic heterocycles. The van der Waals surface area contributed by atoms with E-state index in [-0.39, 0.29) is 11.9 Å². The Morgan fingerprint density at radius 1 is 1.56 bits per heavy atom. The second-order valence-electron chi connectivity index (χ2n) is 4.74. The van der Waals surface area contributed by atoms with Crippen molar-refractivity contribution in [1.82, 2.24) is 10.2 Å². The fourth-order valence-corrected chi connectivity index (χ4v) is 2.12. The highest BCUT2D eigenvalue weighted by molar-refractivity contribution is 5.81. The fraction of sp³-hybridized carbons (Fsp3) is 0.917. The van der Waals surface area contributed by atoms with Crippen molar-refractivity contribution in [3.63, 3.8) is 0 Å². The van der Waals surface area contributed by atoms with Crippen LogP contribution in [0.5, 0.6) is 0 Å². The molecule has 0 radical (unpaired) electrons. The number of nitrogens with one attached hydrogen (secondary N) is 1. The number of hydrogen-bond acceptors (Lipinski definition) is 3. The Kier molecular flexibility index (Phi) is 5.77. The van der Waals surface area contributed by atoms with Crippen LogP contribution in [0.1, 0.15) is 26.2 Å². The van der Waals surface area contributed by atoms with Crippen molar-refractivity contribution in [2.75, 3.05) is 33.9 Å². The van der Waals surface area contributed by atoms with Crippen LogP contribution in [0.2, 0.25) is 0 Å². The van der Waals surface area contributed by atoms with Crippen LogP contribution in [0.3, 0.4) is 0 Å². The Bertz CT molecular complexity index is 221. The molecule has 1 N–H and O–H groups in total. The smallest absolute Gasteiger partial charge is 0.239 e. The van der Waals surface area contributed by atoms with Gasteiger partial charge in [-0.3, -0.25) is 4.79 Å². The molecule has 0 aromatic carbocycles. The average molecular weight is 228 g/mol. The van der Waals surface area contributed by atoms with Crippen LogP contribution >= 0.6 is 0 Å². The van der Waals surface area contributed by atoms with Gasteiger partial charge in [0.2, 0.25) is 5.91 Å². The van der Waals surface area contributed by atoms with Gasteiger partial charge in [-0.1, -0.05) is 6.92 Å². The molecule has 4 nitrogen and oxygen atoms in total. The maximum Gasteiger partial charge on any atom is 0.239 e. The zero-order chi connectivity index (χ0) is 12.0. The van der Waals surface area contributed by atoms with Gasteiger partial charge in [0.15, 0.2) is 0 Å². The molecule has 1 heterocycles. The lowest BCUT2D eigenvalue weighted by Crippen LogP contribution is -2.49. The molecule has 1 aliphatic rings. The van der Waals surface area contributed by atoms with Crippen molar-refractivity contribution in [2.24, 2.45) is 5.92 Å². The van der Waals surface area contributed by atoms with Gasteiger partial charge in [-0.05, 0) is 31.7 Å². The predicted molar refractivity (Wildman–Crippen MR) is 64.3 cm³/mol. The first-order chi connectivity index (χ1) is 7.65. The minimum absolute atomic E-state index is 0.0243. The van der Waals surface area contributed by atoms with Crippen molar-refractivity contribution < 1.29 is 9.53 Å². The second kappa shape index (κ2) is 6.86. The zero-order valence-corrected chi connectivity index (χ0v) is 10.7. The van der Waals surface area contributed by atoms with Crippen LogP contribution in [0.15, 0.2) is 0 Å². The maximum atomic E-state index is 12.1. The molecule has 1 rings (SSSR count). The summed E-state index contributed by atoms with van der Waals surface area (Å²) >= 11 is 0. The SMILES string of the molecule is COCCCN(C)C(=O)C1CC(C)CCN1. The predicted octanol–water partition coefficient (Wildman–Crippen LogP) is 0.869. The molecule has 0 aliphatic carbocycles. The molecule has 0 aromatic heterocycles. The molecule has 16 heavy (non-hydrogen) atoms. The average Bonchev–Trinajstić information content (AvgIpc) is 2.28.